The van der Waals surface area contributed by atoms with Gasteiger partial charge in [-0.25, -0.2) is 0 Å². The number of benzene rings is 3. The summed E-state index contributed by atoms with van der Waals surface area (Å²) < 4.78 is 5.83. The molecule has 0 atom stereocenters. The van der Waals surface area contributed by atoms with Crippen LogP contribution in [0.2, 0.25) is 5.02 Å². The minimum Gasteiger partial charge on any atom is -0.489 e. The summed E-state index contributed by atoms with van der Waals surface area (Å²) in [6, 6.07) is 25.1. The highest BCUT2D eigenvalue weighted by atomic mass is 35.5. The Hall–Kier alpha value is -2.78. The monoisotopic (exact) mass is 393 g/mol. The van der Waals surface area contributed by atoms with Crippen LogP contribution in [-0.4, -0.2) is 16.8 Å². The Morgan fingerprint density at radius 3 is 2.18 bits per heavy atom. The summed E-state index contributed by atoms with van der Waals surface area (Å²) in [5.41, 5.74) is 2.70. The fourth-order valence-electron chi connectivity index (χ4n) is 2.91. The van der Waals surface area contributed by atoms with E-state index >= 15 is 0 Å². The number of ether oxygens (including phenoxy) is 1. The molecule has 0 spiro atoms. The highest BCUT2D eigenvalue weighted by Gasteiger charge is 2.21. The first-order valence-electron chi connectivity index (χ1n) is 9.36. The predicted octanol–water partition coefficient (Wildman–Crippen LogP) is 5.97. The van der Waals surface area contributed by atoms with Gasteiger partial charge in [-0.05, 0) is 49.2 Å². The van der Waals surface area contributed by atoms with E-state index in [0.29, 0.717) is 23.7 Å². The van der Waals surface area contributed by atoms with Gasteiger partial charge in [-0.3, -0.25) is 4.79 Å². The van der Waals surface area contributed by atoms with Crippen molar-refractivity contribution in [2.75, 3.05) is 0 Å². The van der Waals surface area contributed by atoms with Crippen LogP contribution >= 0.6 is 11.6 Å². The molecule has 0 N–H and O–H groups in total. The number of halogens is 1. The SMILES string of the molecule is CC(C)N(Cc1ccc(OCc2ccccc2)cc1)C(=O)c1ccccc1Cl. The fraction of sp³-hybridized carbons (Fsp3) is 0.208. The van der Waals surface area contributed by atoms with Crippen LogP contribution in [0.25, 0.3) is 0 Å². The van der Waals surface area contributed by atoms with Gasteiger partial charge in [-0.2, -0.15) is 0 Å². The van der Waals surface area contributed by atoms with Gasteiger partial charge in [0.1, 0.15) is 12.4 Å². The molecule has 3 aromatic rings. The molecule has 0 aliphatic heterocycles. The number of rotatable bonds is 7. The van der Waals surface area contributed by atoms with Gasteiger partial charge < -0.3 is 9.64 Å². The number of hydrogen-bond acceptors (Lipinski definition) is 2. The van der Waals surface area contributed by atoms with Crippen LogP contribution in [0.15, 0.2) is 78.9 Å². The molecular weight excluding hydrogens is 370 g/mol. The number of carbonyl (C=O) groups excluding carboxylic acids is 1. The van der Waals surface area contributed by atoms with Crippen LogP contribution in [-0.2, 0) is 13.2 Å². The van der Waals surface area contributed by atoms with Crippen molar-refractivity contribution in [1.82, 2.24) is 4.90 Å². The van der Waals surface area contributed by atoms with Crippen molar-refractivity contribution >= 4 is 17.5 Å². The lowest BCUT2D eigenvalue weighted by atomic mass is 10.1. The normalized spacial score (nSPS) is 10.7. The Bertz CT molecular complexity index is 907. The van der Waals surface area contributed by atoms with Crippen LogP contribution in [0.4, 0.5) is 0 Å². The lowest BCUT2D eigenvalue weighted by molar-refractivity contribution is 0.0690. The molecule has 3 aromatic carbocycles. The molecule has 3 rings (SSSR count). The molecule has 0 saturated carbocycles. The standard InChI is InChI=1S/C24H24ClNO2/c1-18(2)26(24(27)22-10-6-7-11-23(22)25)16-19-12-14-21(15-13-19)28-17-20-8-4-3-5-9-20/h3-15,18H,16-17H2,1-2H3. The quantitative estimate of drug-likeness (QED) is 0.495. The molecule has 0 aliphatic rings. The van der Waals surface area contributed by atoms with Gasteiger partial charge in [0.15, 0.2) is 0 Å². The lowest BCUT2D eigenvalue weighted by Crippen LogP contribution is -2.36. The topological polar surface area (TPSA) is 29.5 Å². The van der Waals surface area contributed by atoms with Crippen molar-refractivity contribution in [3.8, 4) is 5.75 Å². The molecule has 144 valence electrons. The Labute approximate surface area is 171 Å². The zero-order chi connectivity index (χ0) is 19.9. The van der Waals surface area contributed by atoms with Crippen molar-refractivity contribution in [1.29, 1.82) is 0 Å². The van der Waals surface area contributed by atoms with E-state index in [1.54, 1.807) is 12.1 Å². The first kappa shape index (κ1) is 20.0. The molecular formula is C24H24ClNO2. The minimum absolute atomic E-state index is 0.0535. The zero-order valence-electron chi connectivity index (χ0n) is 16.1. The lowest BCUT2D eigenvalue weighted by Gasteiger charge is -2.27. The van der Waals surface area contributed by atoms with E-state index in [1.165, 1.54) is 0 Å². The van der Waals surface area contributed by atoms with E-state index < -0.39 is 0 Å². The van der Waals surface area contributed by atoms with E-state index in [0.717, 1.165) is 16.9 Å². The smallest absolute Gasteiger partial charge is 0.255 e. The number of amides is 1. The largest absolute Gasteiger partial charge is 0.489 e. The molecule has 4 heteroatoms. The van der Waals surface area contributed by atoms with Crippen molar-refractivity contribution in [2.24, 2.45) is 0 Å². The van der Waals surface area contributed by atoms with Crippen molar-refractivity contribution in [3.05, 3.63) is 101 Å². The molecule has 1 amide bonds. The maximum Gasteiger partial charge on any atom is 0.255 e. The van der Waals surface area contributed by atoms with Crippen LogP contribution < -0.4 is 4.74 Å². The summed E-state index contributed by atoms with van der Waals surface area (Å²) in [4.78, 5) is 14.8. The third-order valence-corrected chi connectivity index (χ3v) is 4.84. The minimum atomic E-state index is -0.0648. The molecule has 0 fully saturated rings. The Balaban J connectivity index is 1.67. The highest BCUT2D eigenvalue weighted by Crippen LogP contribution is 2.21. The average molecular weight is 394 g/mol. The van der Waals surface area contributed by atoms with Crippen molar-refractivity contribution < 1.29 is 9.53 Å². The summed E-state index contributed by atoms with van der Waals surface area (Å²) in [5.74, 6) is 0.742. The Kier molecular flexibility index (Phi) is 6.72. The Morgan fingerprint density at radius 1 is 0.893 bits per heavy atom. The molecule has 0 saturated heterocycles. The predicted molar refractivity (Wildman–Crippen MR) is 114 cm³/mol. The van der Waals surface area contributed by atoms with Gasteiger partial charge in [-0.15, -0.1) is 0 Å². The maximum absolute atomic E-state index is 13.0. The zero-order valence-corrected chi connectivity index (χ0v) is 16.9. The summed E-state index contributed by atoms with van der Waals surface area (Å²) in [6.07, 6.45) is 0. The second-order valence-corrected chi connectivity index (χ2v) is 7.33. The van der Waals surface area contributed by atoms with E-state index in [-0.39, 0.29) is 11.9 Å². The molecule has 0 aromatic heterocycles. The fourth-order valence-corrected chi connectivity index (χ4v) is 3.12. The summed E-state index contributed by atoms with van der Waals surface area (Å²) in [5, 5.41) is 0.475. The van der Waals surface area contributed by atoms with E-state index in [2.05, 4.69) is 0 Å². The molecule has 28 heavy (non-hydrogen) atoms. The van der Waals surface area contributed by atoms with Crippen molar-refractivity contribution in [2.45, 2.75) is 33.0 Å². The highest BCUT2D eigenvalue weighted by molar-refractivity contribution is 6.33. The van der Waals surface area contributed by atoms with Gasteiger partial charge in [0, 0.05) is 12.6 Å². The number of nitrogens with zero attached hydrogens (tertiary/aromatic N) is 1. The van der Waals surface area contributed by atoms with Gasteiger partial charge in [0.25, 0.3) is 5.91 Å². The number of hydrogen-bond donors (Lipinski definition) is 0. The van der Waals surface area contributed by atoms with Crippen molar-refractivity contribution in [3.63, 3.8) is 0 Å². The van der Waals surface area contributed by atoms with Gasteiger partial charge in [-0.1, -0.05) is 66.2 Å². The van der Waals surface area contributed by atoms with Gasteiger partial charge >= 0.3 is 0 Å². The maximum atomic E-state index is 13.0. The summed E-state index contributed by atoms with van der Waals surface area (Å²) >= 11 is 6.21. The van der Waals surface area contributed by atoms with Gasteiger partial charge in [0.05, 0.1) is 10.6 Å². The average Bonchev–Trinajstić information content (AvgIpc) is 2.72. The van der Waals surface area contributed by atoms with Gasteiger partial charge in [0.2, 0.25) is 0 Å². The van der Waals surface area contributed by atoms with E-state index in [9.17, 15) is 4.79 Å². The Morgan fingerprint density at radius 2 is 1.54 bits per heavy atom. The first-order valence-corrected chi connectivity index (χ1v) is 9.73. The second kappa shape index (κ2) is 9.43. The molecule has 0 heterocycles. The van der Waals surface area contributed by atoms with Crippen LogP contribution in [0, 0.1) is 0 Å². The summed E-state index contributed by atoms with van der Waals surface area (Å²) in [6.45, 7) is 5.06. The molecule has 0 unspecified atom stereocenters. The molecule has 0 radical (unpaired) electrons. The van der Waals surface area contributed by atoms with Crippen LogP contribution in [0.3, 0.4) is 0 Å². The molecule has 3 nitrogen and oxygen atoms in total. The van der Waals surface area contributed by atoms with E-state index in [4.69, 9.17) is 16.3 Å². The van der Waals surface area contributed by atoms with Crippen LogP contribution in [0.1, 0.15) is 35.3 Å². The summed E-state index contributed by atoms with van der Waals surface area (Å²) in [7, 11) is 0. The molecule has 0 bridgehead atoms. The number of carbonyl (C=O) groups is 1. The second-order valence-electron chi connectivity index (χ2n) is 6.92. The molecule has 0 aliphatic carbocycles. The van der Waals surface area contributed by atoms with E-state index in [1.807, 2.05) is 85.5 Å². The first-order chi connectivity index (χ1) is 13.5. The third-order valence-electron chi connectivity index (χ3n) is 4.51. The third kappa shape index (κ3) is 5.14. The van der Waals surface area contributed by atoms with Crippen LogP contribution in [0.5, 0.6) is 5.75 Å².